The number of epoxide rings is 1. The average molecular weight is 240 g/mol. The molecule has 2 heteroatoms. The van der Waals surface area contributed by atoms with Gasteiger partial charge in [0.25, 0.3) is 0 Å². The first kappa shape index (κ1) is 11.3. The Kier molecular flexibility index (Phi) is 3.03. The van der Waals surface area contributed by atoms with E-state index in [9.17, 15) is 0 Å². The Balaban J connectivity index is 1.92. The third-order valence-corrected chi connectivity index (χ3v) is 3.05. The van der Waals surface area contributed by atoms with E-state index in [4.69, 9.17) is 9.47 Å². The highest BCUT2D eigenvalue weighted by molar-refractivity contribution is 5.71. The van der Waals surface area contributed by atoms with Gasteiger partial charge in [-0.25, -0.2) is 0 Å². The molecule has 0 saturated carbocycles. The molecule has 1 fully saturated rings. The van der Waals surface area contributed by atoms with Crippen LogP contribution >= 0.6 is 0 Å². The largest absolute Gasteiger partial charge is 0.490 e. The smallest absolute Gasteiger partial charge is 0.127 e. The van der Waals surface area contributed by atoms with Crippen molar-refractivity contribution >= 4 is 0 Å². The Bertz CT molecular complexity index is 530. The molecule has 0 spiro atoms. The summed E-state index contributed by atoms with van der Waals surface area (Å²) in [6.45, 7) is 3.57. The molecular weight excluding hydrogens is 224 g/mol. The molecule has 3 rings (SSSR count). The Hall–Kier alpha value is -1.80. The Morgan fingerprint density at radius 1 is 1.17 bits per heavy atom. The van der Waals surface area contributed by atoms with Crippen molar-refractivity contribution in [2.24, 2.45) is 0 Å². The minimum Gasteiger partial charge on any atom is -0.490 e. The van der Waals surface area contributed by atoms with Crippen molar-refractivity contribution in [2.45, 2.75) is 13.0 Å². The minimum atomic E-state index is 0.287. The molecule has 1 aliphatic rings. The van der Waals surface area contributed by atoms with Crippen LogP contribution in [0, 0.1) is 6.92 Å². The van der Waals surface area contributed by atoms with Crippen LogP contribution in [0.15, 0.2) is 48.5 Å². The first-order valence-corrected chi connectivity index (χ1v) is 6.23. The van der Waals surface area contributed by atoms with Crippen molar-refractivity contribution in [2.75, 3.05) is 13.2 Å². The molecule has 2 aromatic rings. The molecule has 1 aliphatic heterocycles. The molecule has 1 saturated heterocycles. The highest BCUT2D eigenvalue weighted by atomic mass is 16.6. The molecule has 2 aromatic carbocycles. The van der Waals surface area contributed by atoms with Crippen LogP contribution in [-0.4, -0.2) is 19.3 Å². The molecule has 0 aromatic heterocycles. The van der Waals surface area contributed by atoms with Gasteiger partial charge in [-0.3, -0.25) is 0 Å². The van der Waals surface area contributed by atoms with Crippen molar-refractivity contribution in [3.63, 3.8) is 0 Å². The zero-order chi connectivity index (χ0) is 12.4. The van der Waals surface area contributed by atoms with Crippen LogP contribution in [0.3, 0.4) is 0 Å². The van der Waals surface area contributed by atoms with Crippen LogP contribution in [0.5, 0.6) is 5.75 Å². The number of aryl methyl sites for hydroxylation is 1. The van der Waals surface area contributed by atoms with Gasteiger partial charge in [-0.05, 0) is 24.6 Å². The number of ether oxygens (including phenoxy) is 2. The second-order valence-electron chi connectivity index (χ2n) is 4.63. The van der Waals surface area contributed by atoms with E-state index in [1.165, 1.54) is 11.1 Å². The van der Waals surface area contributed by atoms with Crippen molar-refractivity contribution in [1.29, 1.82) is 0 Å². The third-order valence-electron chi connectivity index (χ3n) is 3.05. The summed E-state index contributed by atoms with van der Waals surface area (Å²) in [6, 6.07) is 16.6. The summed E-state index contributed by atoms with van der Waals surface area (Å²) in [5.74, 6) is 0.933. The van der Waals surface area contributed by atoms with Gasteiger partial charge in [0, 0.05) is 5.56 Å². The average Bonchev–Trinajstić information content (AvgIpc) is 3.22. The van der Waals surface area contributed by atoms with Gasteiger partial charge in [0.15, 0.2) is 0 Å². The van der Waals surface area contributed by atoms with Gasteiger partial charge < -0.3 is 9.47 Å². The number of hydrogen-bond acceptors (Lipinski definition) is 2. The van der Waals surface area contributed by atoms with E-state index in [1.54, 1.807) is 0 Å². The number of hydrogen-bond donors (Lipinski definition) is 0. The number of benzene rings is 2. The van der Waals surface area contributed by atoms with Gasteiger partial charge in [0.1, 0.15) is 18.5 Å². The molecule has 0 N–H and O–H groups in total. The van der Waals surface area contributed by atoms with E-state index >= 15 is 0 Å². The predicted octanol–water partition coefficient (Wildman–Crippen LogP) is 3.44. The quantitative estimate of drug-likeness (QED) is 0.764. The molecular formula is C16H16O2. The highest BCUT2D eigenvalue weighted by Gasteiger charge is 2.23. The summed E-state index contributed by atoms with van der Waals surface area (Å²) in [5.41, 5.74) is 3.58. The van der Waals surface area contributed by atoms with E-state index in [0.717, 1.165) is 17.9 Å². The second-order valence-corrected chi connectivity index (χ2v) is 4.63. The lowest BCUT2D eigenvalue weighted by molar-refractivity contribution is 0.264. The standard InChI is InChI=1S/C16H16O2/c1-12-7-8-16(18-11-14-10-17-14)15(9-12)13-5-3-2-4-6-13/h2-9,14H,10-11H2,1H3. The fourth-order valence-corrected chi connectivity index (χ4v) is 1.96. The van der Waals surface area contributed by atoms with Crippen LogP contribution in [-0.2, 0) is 4.74 Å². The maximum atomic E-state index is 5.85. The van der Waals surface area contributed by atoms with E-state index in [-0.39, 0.29) is 6.10 Å². The Morgan fingerprint density at radius 3 is 2.67 bits per heavy atom. The first-order chi connectivity index (χ1) is 8.83. The van der Waals surface area contributed by atoms with E-state index in [1.807, 2.05) is 24.3 Å². The topological polar surface area (TPSA) is 21.8 Å². The Labute approximate surface area is 107 Å². The van der Waals surface area contributed by atoms with Crippen LogP contribution in [0.4, 0.5) is 0 Å². The summed E-state index contributed by atoms with van der Waals surface area (Å²) in [7, 11) is 0. The summed E-state index contributed by atoms with van der Waals surface area (Å²) in [4.78, 5) is 0. The summed E-state index contributed by atoms with van der Waals surface area (Å²) < 4.78 is 11.0. The molecule has 1 atom stereocenters. The zero-order valence-electron chi connectivity index (χ0n) is 10.4. The van der Waals surface area contributed by atoms with Gasteiger partial charge in [0.05, 0.1) is 6.61 Å². The lowest BCUT2D eigenvalue weighted by Crippen LogP contribution is -2.05. The molecule has 92 valence electrons. The maximum Gasteiger partial charge on any atom is 0.127 e. The lowest BCUT2D eigenvalue weighted by Gasteiger charge is -2.11. The van der Waals surface area contributed by atoms with Crippen molar-refractivity contribution in [3.8, 4) is 16.9 Å². The molecule has 1 heterocycles. The lowest BCUT2D eigenvalue weighted by atomic mass is 10.0. The van der Waals surface area contributed by atoms with E-state index < -0.39 is 0 Å². The summed E-state index contributed by atoms with van der Waals surface area (Å²) >= 11 is 0. The van der Waals surface area contributed by atoms with Gasteiger partial charge in [0.2, 0.25) is 0 Å². The SMILES string of the molecule is Cc1ccc(OCC2CO2)c(-c2ccccc2)c1. The van der Waals surface area contributed by atoms with Crippen molar-refractivity contribution < 1.29 is 9.47 Å². The molecule has 0 radical (unpaired) electrons. The van der Waals surface area contributed by atoms with Crippen LogP contribution in [0.2, 0.25) is 0 Å². The summed E-state index contributed by atoms with van der Waals surface area (Å²) in [6.07, 6.45) is 0.287. The fraction of sp³-hybridized carbons (Fsp3) is 0.250. The van der Waals surface area contributed by atoms with Crippen molar-refractivity contribution in [1.82, 2.24) is 0 Å². The summed E-state index contributed by atoms with van der Waals surface area (Å²) in [5, 5.41) is 0. The van der Waals surface area contributed by atoms with E-state index in [2.05, 4.69) is 31.2 Å². The van der Waals surface area contributed by atoms with E-state index in [0.29, 0.717) is 6.61 Å². The monoisotopic (exact) mass is 240 g/mol. The van der Waals surface area contributed by atoms with Crippen LogP contribution < -0.4 is 4.74 Å². The molecule has 1 unspecified atom stereocenters. The van der Waals surface area contributed by atoms with Gasteiger partial charge in [-0.1, -0.05) is 42.0 Å². The zero-order valence-corrected chi connectivity index (χ0v) is 10.4. The maximum absolute atomic E-state index is 5.85. The van der Waals surface area contributed by atoms with Gasteiger partial charge in [-0.2, -0.15) is 0 Å². The van der Waals surface area contributed by atoms with Gasteiger partial charge >= 0.3 is 0 Å². The Morgan fingerprint density at radius 2 is 1.94 bits per heavy atom. The van der Waals surface area contributed by atoms with Crippen molar-refractivity contribution in [3.05, 3.63) is 54.1 Å². The van der Waals surface area contributed by atoms with Crippen LogP contribution in [0.1, 0.15) is 5.56 Å². The third kappa shape index (κ3) is 2.54. The van der Waals surface area contributed by atoms with Crippen LogP contribution in [0.25, 0.3) is 11.1 Å². The highest BCUT2D eigenvalue weighted by Crippen LogP contribution is 2.31. The first-order valence-electron chi connectivity index (χ1n) is 6.23. The second kappa shape index (κ2) is 4.83. The molecule has 18 heavy (non-hydrogen) atoms. The minimum absolute atomic E-state index is 0.287. The van der Waals surface area contributed by atoms with Gasteiger partial charge in [-0.15, -0.1) is 0 Å². The molecule has 0 aliphatic carbocycles. The molecule has 0 amide bonds. The predicted molar refractivity (Wildman–Crippen MR) is 71.9 cm³/mol. The number of rotatable bonds is 4. The molecule has 0 bridgehead atoms. The molecule has 2 nitrogen and oxygen atoms in total. The normalized spacial score (nSPS) is 17.5. The fourth-order valence-electron chi connectivity index (χ4n) is 1.96.